The summed E-state index contributed by atoms with van der Waals surface area (Å²) < 4.78 is 0. The number of aryl methyl sites for hydroxylation is 2. The molecule has 0 unspecified atom stereocenters. The molecule has 0 aliphatic carbocycles. The molecule has 1 aromatic carbocycles. The molecule has 0 aliphatic heterocycles. The van der Waals surface area contributed by atoms with Crippen molar-refractivity contribution >= 4 is 17.1 Å². The van der Waals surface area contributed by atoms with Crippen molar-refractivity contribution in [1.29, 1.82) is 0 Å². The molecule has 0 aliphatic rings. The molecule has 100 valence electrons. The zero-order valence-corrected chi connectivity index (χ0v) is 12.5. The molecule has 2 aromatic rings. The maximum absolute atomic E-state index is 12.2. The first-order valence-electron chi connectivity index (χ1n) is 6.36. The molecular formula is C16H19NOS. The molecule has 0 amide bonds. The van der Waals surface area contributed by atoms with Crippen LogP contribution in [0.15, 0.2) is 35.0 Å². The van der Waals surface area contributed by atoms with E-state index in [4.69, 9.17) is 0 Å². The zero-order chi connectivity index (χ0) is 13.8. The molecule has 2 rings (SSSR count). The van der Waals surface area contributed by atoms with Gasteiger partial charge in [-0.15, -0.1) is 0 Å². The van der Waals surface area contributed by atoms with Crippen LogP contribution in [0.4, 0.5) is 0 Å². The van der Waals surface area contributed by atoms with Crippen LogP contribution in [0.2, 0.25) is 0 Å². The molecule has 1 aromatic heterocycles. The van der Waals surface area contributed by atoms with Gasteiger partial charge in [-0.05, 0) is 60.5 Å². The van der Waals surface area contributed by atoms with E-state index in [1.165, 1.54) is 16.7 Å². The van der Waals surface area contributed by atoms with Crippen molar-refractivity contribution in [2.24, 2.45) is 0 Å². The lowest BCUT2D eigenvalue weighted by Gasteiger charge is -2.15. The summed E-state index contributed by atoms with van der Waals surface area (Å²) in [7, 11) is 1.98. The van der Waals surface area contributed by atoms with E-state index >= 15 is 0 Å². The van der Waals surface area contributed by atoms with Gasteiger partial charge in [-0.1, -0.05) is 12.1 Å². The van der Waals surface area contributed by atoms with E-state index in [0.29, 0.717) is 6.54 Å². The third-order valence-electron chi connectivity index (χ3n) is 3.28. The summed E-state index contributed by atoms with van der Waals surface area (Å²) in [6.07, 6.45) is 0. The second-order valence-corrected chi connectivity index (χ2v) is 5.81. The Balaban J connectivity index is 1.98. The molecule has 0 atom stereocenters. The predicted octanol–water partition coefficient (Wildman–Crippen LogP) is 3.68. The Bertz CT molecular complexity index is 560. The quantitative estimate of drug-likeness (QED) is 0.775. The Labute approximate surface area is 118 Å². The summed E-state index contributed by atoms with van der Waals surface area (Å²) in [5.41, 5.74) is 4.47. The number of hydrogen-bond donors (Lipinski definition) is 0. The van der Waals surface area contributed by atoms with Gasteiger partial charge in [-0.25, -0.2) is 0 Å². The van der Waals surface area contributed by atoms with Gasteiger partial charge in [0.1, 0.15) is 0 Å². The van der Waals surface area contributed by atoms with Crippen molar-refractivity contribution in [3.05, 3.63) is 57.3 Å². The highest BCUT2D eigenvalue weighted by Gasteiger charge is 2.10. The number of carbonyl (C=O) groups excluding carboxylic acids is 1. The van der Waals surface area contributed by atoms with Gasteiger partial charge < -0.3 is 0 Å². The Hall–Kier alpha value is -1.45. The van der Waals surface area contributed by atoms with Gasteiger partial charge in [0.25, 0.3) is 0 Å². The normalized spacial score (nSPS) is 10.9. The fraction of sp³-hybridized carbons (Fsp3) is 0.312. The third-order valence-corrected chi connectivity index (χ3v) is 4.01. The van der Waals surface area contributed by atoms with Crippen LogP contribution in [0.3, 0.4) is 0 Å². The average Bonchev–Trinajstić information content (AvgIpc) is 2.85. The number of hydrogen-bond acceptors (Lipinski definition) is 3. The van der Waals surface area contributed by atoms with Gasteiger partial charge in [0.05, 0.1) is 6.54 Å². The Morgan fingerprint density at radius 1 is 1.21 bits per heavy atom. The molecule has 0 saturated carbocycles. The van der Waals surface area contributed by atoms with Crippen LogP contribution in [-0.4, -0.2) is 24.3 Å². The number of ketones is 1. The summed E-state index contributed by atoms with van der Waals surface area (Å²) in [5.74, 6) is 0.181. The lowest BCUT2D eigenvalue weighted by Crippen LogP contribution is -2.25. The number of benzene rings is 1. The van der Waals surface area contributed by atoms with Crippen LogP contribution in [-0.2, 0) is 6.54 Å². The van der Waals surface area contributed by atoms with E-state index < -0.39 is 0 Å². The van der Waals surface area contributed by atoms with Crippen LogP contribution in [0.5, 0.6) is 0 Å². The van der Waals surface area contributed by atoms with E-state index in [2.05, 4.69) is 28.7 Å². The van der Waals surface area contributed by atoms with Gasteiger partial charge in [0, 0.05) is 12.1 Å². The fourth-order valence-corrected chi connectivity index (χ4v) is 2.66. The van der Waals surface area contributed by atoms with Crippen molar-refractivity contribution in [3.8, 4) is 0 Å². The summed E-state index contributed by atoms with van der Waals surface area (Å²) in [6, 6.07) is 8.02. The topological polar surface area (TPSA) is 20.3 Å². The summed E-state index contributed by atoms with van der Waals surface area (Å²) in [4.78, 5) is 14.3. The van der Waals surface area contributed by atoms with Crippen LogP contribution < -0.4 is 0 Å². The SMILES string of the molecule is Cc1ccc(C(=O)CN(C)Cc2ccsc2)cc1C. The van der Waals surface area contributed by atoms with Crippen molar-refractivity contribution < 1.29 is 4.79 Å². The molecule has 0 spiro atoms. The highest BCUT2D eigenvalue weighted by molar-refractivity contribution is 7.07. The minimum absolute atomic E-state index is 0.181. The maximum Gasteiger partial charge on any atom is 0.176 e. The molecule has 3 heteroatoms. The first kappa shape index (κ1) is 14.0. The lowest BCUT2D eigenvalue weighted by molar-refractivity contribution is 0.0943. The van der Waals surface area contributed by atoms with Crippen LogP contribution in [0.25, 0.3) is 0 Å². The number of carbonyl (C=O) groups is 1. The van der Waals surface area contributed by atoms with Gasteiger partial charge in [0.15, 0.2) is 5.78 Å². The van der Waals surface area contributed by atoms with Crippen molar-refractivity contribution in [2.75, 3.05) is 13.6 Å². The second kappa shape index (κ2) is 6.13. The molecule has 0 N–H and O–H groups in total. The smallest absolute Gasteiger partial charge is 0.176 e. The standard InChI is InChI=1S/C16H19NOS/c1-12-4-5-15(8-13(12)2)16(18)10-17(3)9-14-6-7-19-11-14/h4-8,11H,9-10H2,1-3H3. The number of nitrogens with zero attached hydrogens (tertiary/aromatic N) is 1. The molecule has 0 saturated heterocycles. The highest BCUT2D eigenvalue weighted by atomic mass is 32.1. The van der Waals surface area contributed by atoms with E-state index in [-0.39, 0.29) is 5.78 Å². The monoisotopic (exact) mass is 273 g/mol. The highest BCUT2D eigenvalue weighted by Crippen LogP contribution is 2.12. The molecule has 0 fully saturated rings. The molecule has 2 nitrogen and oxygen atoms in total. The van der Waals surface area contributed by atoms with Gasteiger partial charge in [-0.2, -0.15) is 11.3 Å². The Kier molecular flexibility index (Phi) is 4.51. The first-order chi connectivity index (χ1) is 9.06. The fourth-order valence-electron chi connectivity index (χ4n) is 2.00. The van der Waals surface area contributed by atoms with Crippen LogP contribution in [0.1, 0.15) is 27.0 Å². The van der Waals surface area contributed by atoms with Gasteiger partial charge in [0.2, 0.25) is 0 Å². The molecular weight excluding hydrogens is 254 g/mol. The average molecular weight is 273 g/mol. The number of rotatable bonds is 5. The van der Waals surface area contributed by atoms with E-state index in [0.717, 1.165) is 12.1 Å². The van der Waals surface area contributed by atoms with Crippen molar-refractivity contribution in [2.45, 2.75) is 20.4 Å². The molecule has 1 heterocycles. The second-order valence-electron chi connectivity index (χ2n) is 5.03. The molecule has 0 radical (unpaired) electrons. The van der Waals surface area contributed by atoms with E-state index in [1.54, 1.807) is 11.3 Å². The summed E-state index contributed by atoms with van der Waals surface area (Å²) in [6.45, 7) is 5.38. The first-order valence-corrected chi connectivity index (χ1v) is 7.30. The van der Waals surface area contributed by atoms with E-state index in [9.17, 15) is 4.79 Å². The van der Waals surface area contributed by atoms with Crippen LogP contribution in [0, 0.1) is 13.8 Å². The number of likely N-dealkylation sites (N-methyl/N-ethyl adjacent to an activating group) is 1. The Morgan fingerprint density at radius 3 is 2.63 bits per heavy atom. The number of Topliss-reactive ketones (excluding diaryl/α,β-unsaturated/α-hetero) is 1. The lowest BCUT2D eigenvalue weighted by atomic mass is 10.0. The maximum atomic E-state index is 12.2. The third kappa shape index (κ3) is 3.75. The van der Waals surface area contributed by atoms with Crippen molar-refractivity contribution in [3.63, 3.8) is 0 Å². The van der Waals surface area contributed by atoms with Crippen LogP contribution >= 0.6 is 11.3 Å². The van der Waals surface area contributed by atoms with Gasteiger partial charge in [-0.3, -0.25) is 9.69 Å². The summed E-state index contributed by atoms with van der Waals surface area (Å²) >= 11 is 1.69. The summed E-state index contributed by atoms with van der Waals surface area (Å²) in [5, 5.41) is 4.19. The molecule has 0 bridgehead atoms. The Morgan fingerprint density at radius 2 is 2.00 bits per heavy atom. The zero-order valence-electron chi connectivity index (χ0n) is 11.6. The molecule has 19 heavy (non-hydrogen) atoms. The predicted molar refractivity (Wildman–Crippen MR) is 80.9 cm³/mol. The minimum Gasteiger partial charge on any atom is -0.295 e. The van der Waals surface area contributed by atoms with Crippen molar-refractivity contribution in [1.82, 2.24) is 4.90 Å². The number of thiophene rings is 1. The largest absolute Gasteiger partial charge is 0.295 e. The minimum atomic E-state index is 0.181. The van der Waals surface area contributed by atoms with E-state index in [1.807, 2.05) is 32.2 Å². The van der Waals surface area contributed by atoms with Gasteiger partial charge >= 0.3 is 0 Å².